The van der Waals surface area contributed by atoms with Gasteiger partial charge in [0.15, 0.2) is 5.60 Å². The maximum Gasteiger partial charge on any atom is 0.418 e. The smallest absolute Gasteiger partial charge is 0.379 e. The first-order valence-electron chi connectivity index (χ1n) is 2.92. The average Bonchev–Trinajstić information content (AvgIpc) is 1.80. The molecule has 1 aliphatic rings. The minimum atomic E-state index is -4.56. The molecule has 6 heteroatoms. The van der Waals surface area contributed by atoms with Crippen LogP contribution in [0.1, 0.15) is 12.8 Å². The molecule has 1 fully saturated rings. The normalized spacial score (nSPS) is 37.4. The number of hydrogen-bond donors (Lipinski definition) is 2. The summed E-state index contributed by atoms with van der Waals surface area (Å²) in [5.74, 6) is 0. The van der Waals surface area contributed by atoms with Crippen LogP contribution in [-0.2, 0) is 0 Å². The summed E-state index contributed by atoms with van der Waals surface area (Å²) in [4.78, 5) is 0. The Labute approximate surface area is 68.0 Å². The third-order valence-electron chi connectivity index (χ3n) is 1.94. The number of nitrogens with two attached hydrogens (primary N) is 1. The van der Waals surface area contributed by atoms with Crippen LogP contribution >= 0.6 is 12.4 Å². The molecule has 1 rings (SSSR count). The van der Waals surface area contributed by atoms with Gasteiger partial charge < -0.3 is 10.8 Å². The van der Waals surface area contributed by atoms with Gasteiger partial charge in [-0.05, 0) is 12.8 Å². The molecule has 0 heterocycles. The standard InChI is InChI=1S/C5H8F3NO.ClH/c6-5(7,8)4(10)2-1-3(4)9;/h3,10H,1-2,9H2;1H. The van der Waals surface area contributed by atoms with E-state index in [2.05, 4.69) is 0 Å². The molecule has 1 saturated carbocycles. The first-order valence-corrected chi connectivity index (χ1v) is 2.92. The minimum absolute atomic E-state index is 0. The summed E-state index contributed by atoms with van der Waals surface area (Å²) in [7, 11) is 0. The van der Waals surface area contributed by atoms with E-state index in [1.807, 2.05) is 0 Å². The van der Waals surface area contributed by atoms with Gasteiger partial charge in [0.2, 0.25) is 0 Å². The highest BCUT2D eigenvalue weighted by atomic mass is 35.5. The number of rotatable bonds is 0. The lowest BCUT2D eigenvalue weighted by atomic mass is 9.75. The van der Waals surface area contributed by atoms with Crippen molar-refractivity contribution in [1.82, 2.24) is 0 Å². The average molecular weight is 192 g/mol. The van der Waals surface area contributed by atoms with E-state index in [0.29, 0.717) is 0 Å². The third kappa shape index (κ3) is 1.45. The van der Waals surface area contributed by atoms with Crippen molar-refractivity contribution in [3.63, 3.8) is 0 Å². The zero-order valence-corrected chi connectivity index (χ0v) is 6.37. The second kappa shape index (κ2) is 2.80. The molecule has 11 heavy (non-hydrogen) atoms. The van der Waals surface area contributed by atoms with Crippen molar-refractivity contribution in [1.29, 1.82) is 0 Å². The lowest BCUT2D eigenvalue weighted by Gasteiger charge is -2.43. The van der Waals surface area contributed by atoms with Crippen LogP contribution in [-0.4, -0.2) is 22.9 Å². The highest BCUT2D eigenvalue weighted by molar-refractivity contribution is 5.85. The summed E-state index contributed by atoms with van der Waals surface area (Å²) in [5, 5.41) is 8.77. The molecule has 0 aromatic rings. The van der Waals surface area contributed by atoms with Gasteiger partial charge in [0.05, 0.1) is 0 Å². The van der Waals surface area contributed by atoms with E-state index in [0.717, 1.165) is 0 Å². The van der Waals surface area contributed by atoms with Crippen LogP contribution in [0, 0.1) is 0 Å². The Morgan fingerprint density at radius 1 is 1.45 bits per heavy atom. The topological polar surface area (TPSA) is 46.2 Å². The molecule has 0 aromatic carbocycles. The van der Waals surface area contributed by atoms with Crippen LogP contribution in [0.15, 0.2) is 0 Å². The van der Waals surface area contributed by atoms with E-state index in [9.17, 15) is 13.2 Å². The highest BCUT2D eigenvalue weighted by Crippen LogP contribution is 2.43. The fraction of sp³-hybridized carbons (Fsp3) is 1.00. The van der Waals surface area contributed by atoms with Gasteiger partial charge in [0.25, 0.3) is 0 Å². The maximum atomic E-state index is 11.8. The van der Waals surface area contributed by atoms with Crippen LogP contribution in [0.5, 0.6) is 0 Å². The Hall–Kier alpha value is -0.0000000000000000555. The molecule has 0 amide bonds. The summed E-state index contributed by atoms with van der Waals surface area (Å²) in [5.41, 5.74) is 2.37. The Morgan fingerprint density at radius 3 is 1.91 bits per heavy atom. The number of hydrogen-bond acceptors (Lipinski definition) is 2. The van der Waals surface area contributed by atoms with Crippen LogP contribution in [0.2, 0.25) is 0 Å². The van der Waals surface area contributed by atoms with Crippen LogP contribution < -0.4 is 5.73 Å². The molecular weight excluding hydrogens is 183 g/mol. The van der Waals surface area contributed by atoms with Gasteiger partial charge in [-0.3, -0.25) is 0 Å². The Bertz CT molecular complexity index is 151. The fourth-order valence-electron chi connectivity index (χ4n) is 0.936. The minimum Gasteiger partial charge on any atom is -0.379 e. The van der Waals surface area contributed by atoms with Crippen LogP contribution in [0.4, 0.5) is 13.2 Å². The van der Waals surface area contributed by atoms with E-state index in [1.54, 1.807) is 0 Å². The van der Waals surface area contributed by atoms with Crippen molar-refractivity contribution >= 4 is 12.4 Å². The molecule has 2 unspecified atom stereocenters. The summed E-state index contributed by atoms with van der Waals surface area (Å²) in [6.45, 7) is 0. The first-order chi connectivity index (χ1) is 4.38. The maximum absolute atomic E-state index is 11.8. The zero-order chi connectivity index (χ0) is 7.99. The zero-order valence-electron chi connectivity index (χ0n) is 5.56. The predicted octanol–water partition coefficient (Wildman–Crippen LogP) is 0.823. The predicted molar refractivity (Wildman–Crippen MR) is 35.5 cm³/mol. The molecule has 2 atom stereocenters. The second-order valence-electron chi connectivity index (χ2n) is 2.57. The molecule has 68 valence electrons. The van der Waals surface area contributed by atoms with Crippen molar-refractivity contribution in [2.45, 2.75) is 30.7 Å². The number of halogens is 4. The van der Waals surface area contributed by atoms with E-state index >= 15 is 0 Å². The molecule has 0 aliphatic heterocycles. The van der Waals surface area contributed by atoms with Crippen molar-refractivity contribution in [2.24, 2.45) is 5.73 Å². The van der Waals surface area contributed by atoms with E-state index in [1.165, 1.54) is 0 Å². The highest BCUT2D eigenvalue weighted by Gasteiger charge is 2.62. The van der Waals surface area contributed by atoms with E-state index in [-0.39, 0.29) is 25.2 Å². The van der Waals surface area contributed by atoms with Gasteiger partial charge in [0.1, 0.15) is 0 Å². The SMILES string of the molecule is Cl.NC1CCC1(O)C(F)(F)F. The van der Waals surface area contributed by atoms with E-state index < -0.39 is 17.8 Å². The summed E-state index contributed by atoms with van der Waals surface area (Å²) >= 11 is 0. The number of alkyl halides is 3. The van der Waals surface area contributed by atoms with Gasteiger partial charge in [-0.1, -0.05) is 0 Å². The van der Waals surface area contributed by atoms with Gasteiger partial charge in [-0.2, -0.15) is 13.2 Å². The Balaban J connectivity index is 0.000001000. The van der Waals surface area contributed by atoms with Crippen molar-refractivity contribution < 1.29 is 18.3 Å². The lowest BCUT2D eigenvalue weighted by Crippen LogP contribution is -2.65. The Kier molecular flexibility index (Phi) is 2.80. The van der Waals surface area contributed by atoms with Crippen molar-refractivity contribution in [3.8, 4) is 0 Å². The molecule has 0 spiro atoms. The van der Waals surface area contributed by atoms with Gasteiger partial charge in [-0.25, -0.2) is 0 Å². The molecule has 2 nitrogen and oxygen atoms in total. The molecule has 0 aromatic heterocycles. The molecule has 1 aliphatic carbocycles. The molecule has 0 bridgehead atoms. The molecule has 0 saturated heterocycles. The molecule has 3 N–H and O–H groups in total. The summed E-state index contributed by atoms with van der Waals surface area (Å²) < 4.78 is 35.4. The van der Waals surface area contributed by atoms with Crippen LogP contribution in [0.25, 0.3) is 0 Å². The van der Waals surface area contributed by atoms with Crippen molar-refractivity contribution in [2.75, 3.05) is 0 Å². The van der Waals surface area contributed by atoms with Gasteiger partial charge >= 0.3 is 6.18 Å². The largest absolute Gasteiger partial charge is 0.418 e. The molecule has 0 radical (unpaired) electrons. The quantitative estimate of drug-likeness (QED) is 0.596. The third-order valence-corrected chi connectivity index (χ3v) is 1.94. The second-order valence-corrected chi connectivity index (χ2v) is 2.57. The lowest BCUT2D eigenvalue weighted by molar-refractivity contribution is -0.293. The molecular formula is C5H9ClF3NO. The van der Waals surface area contributed by atoms with Gasteiger partial charge in [-0.15, -0.1) is 12.4 Å². The summed E-state index contributed by atoms with van der Waals surface area (Å²) in [6, 6.07) is -1.13. The van der Waals surface area contributed by atoms with Gasteiger partial charge in [0, 0.05) is 6.04 Å². The van der Waals surface area contributed by atoms with E-state index in [4.69, 9.17) is 10.8 Å². The first kappa shape index (κ1) is 11.0. The van der Waals surface area contributed by atoms with Crippen molar-refractivity contribution in [3.05, 3.63) is 0 Å². The van der Waals surface area contributed by atoms with Crippen LogP contribution in [0.3, 0.4) is 0 Å². The fourth-order valence-corrected chi connectivity index (χ4v) is 0.936. The number of aliphatic hydroxyl groups is 1. The Morgan fingerprint density at radius 2 is 1.91 bits per heavy atom. The summed E-state index contributed by atoms with van der Waals surface area (Å²) in [6.07, 6.45) is -4.58. The monoisotopic (exact) mass is 191 g/mol.